The van der Waals surface area contributed by atoms with Crippen LogP contribution in [-0.4, -0.2) is 50.8 Å². The third-order valence-electron chi connectivity index (χ3n) is 5.27. The molecule has 0 unspecified atom stereocenters. The number of piperidine rings is 1. The number of nitrogens with one attached hydrogen (secondary N) is 2. The SMILES string of the molecule is COC(=O)C1=C(CN2CCC(C)CC2)NC(=O)N[C@@H]1c1ccc(OC)cc1. The monoisotopic (exact) mass is 373 g/mol. The van der Waals surface area contributed by atoms with Crippen molar-refractivity contribution in [2.75, 3.05) is 33.9 Å². The third kappa shape index (κ3) is 4.42. The zero-order valence-electron chi connectivity index (χ0n) is 16.1. The van der Waals surface area contributed by atoms with E-state index in [-0.39, 0.29) is 6.03 Å². The smallest absolute Gasteiger partial charge is 0.338 e. The van der Waals surface area contributed by atoms with E-state index >= 15 is 0 Å². The van der Waals surface area contributed by atoms with Gasteiger partial charge in [-0.2, -0.15) is 0 Å². The number of hydrogen-bond acceptors (Lipinski definition) is 5. The van der Waals surface area contributed by atoms with Crippen LogP contribution in [-0.2, 0) is 9.53 Å². The second-order valence-corrected chi connectivity index (χ2v) is 7.15. The Bertz CT molecular complexity index is 721. The lowest BCUT2D eigenvalue weighted by molar-refractivity contribution is -0.136. The van der Waals surface area contributed by atoms with Crippen molar-refractivity contribution in [2.24, 2.45) is 5.92 Å². The molecule has 7 heteroatoms. The molecule has 3 rings (SSSR count). The highest BCUT2D eigenvalue weighted by Crippen LogP contribution is 2.29. The number of ether oxygens (including phenoxy) is 2. The molecule has 7 nitrogen and oxygen atoms in total. The Balaban J connectivity index is 1.92. The summed E-state index contributed by atoms with van der Waals surface area (Å²) >= 11 is 0. The standard InChI is InChI=1S/C20H27N3O4/c1-13-8-10-23(11-9-13)12-16-17(19(24)27-3)18(22-20(25)21-16)14-4-6-15(26-2)7-5-14/h4-7,13,18H,8-12H2,1-3H3,(H2,21,22,25)/t18-/m1/s1. The molecule has 146 valence electrons. The number of carbonyl (C=O) groups is 2. The summed E-state index contributed by atoms with van der Waals surface area (Å²) in [6, 6.07) is 6.43. The van der Waals surface area contributed by atoms with Gasteiger partial charge in [-0.25, -0.2) is 9.59 Å². The molecule has 0 radical (unpaired) electrons. The van der Waals surface area contributed by atoms with Crippen molar-refractivity contribution in [3.63, 3.8) is 0 Å². The normalized spacial score (nSPS) is 21.4. The van der Waals surface area contributed by atoms with E-state index in [0.29, 0.717) is 29.5 Å². The summed E-state index contributed by atoms with van der Waals surface area (Å²) in [4.78, 5) is 27.1. The summed E-state index contributed by atoms with van der Waals surface area (Å²) in [7, 11) is 2.95. The maximum atomic E-state index is 12.6. The molecule has 1 aromatic rings. The number of likely N-dealkylation sites (tertiary alicyclic amines) is 1. The van der Waals surface area contributed by atoms with E-state index in [9.17, 15) is 9.59 Å². The number of hydrogen-bond donors (Lipinski definition) is 2. The summed E-state index contributed by atoms with van der Waals surface area (Å²) < 4.78 is 10.2. The second kappa shape index (κ2) is 8.43. The van der Waals surface area contributed by atoms with Crippen LogP contribution in [0.5, 0.6) is 5.75 Å². The Labute approximate surface area is 159 Å². The Kier molecular flexibility index (Phi) is 6.01. The van der Waals surface area contributed by atoms with Crippen molar-refractivity contribution in [3.8, 4) is 5.75 Å². The lowest BCUT2D eigenvalue weighted by Gasteiger charge is -2.34. The molecule has 0 aliphatic carbocycles. The van der Waals surface area contributed by atoms with Crippen LogP contribution < -0.4 is 15.4 Å². The number of nitrogens with zero attached hydrogens (tertiary/aromatic N) is 1. The molecule has 2 amide bonds. The minimum absolute atomic E-state index is 0.316. The molecular weight excluding hydrogens is 346 g/mol. The number of urea groups is 1. The molecule has 1 saturated heterocycles. The van der Waals surface area contributed by atoms with Crippen LogP contribution >= 0.6 is 0 Å². The number of methoxy groups -OCH3 is 2. The van der Waals surface area contributed by atoms with E-state index in [1.54, 1.807) is 7.11 Å². The Hall–Kier alpha value is -2.54. The van der Waals surface area contributed by atoms with Crippen LogP contribution in [0, 0.1) is 5.92 Å². The van der Waals surface area contributed by atoms with Crippen molar-refractivity contribution < 1.29 is 19.1 Å². The zero-order valence-corrected chi connectivity index (χ0v) is 16.1. The lowest BCUT2D eigenvalue weighted by Crippen LogP contribution is -2.49. The Morgan fingerprint density at radius 2 is 1.85 bits per heavy atom. The molecule has 0 bridgehead atoms. The average Bonchev–Trinajstić information content (AvgIpc) is 2.69. The summed E-state index contributed by atoms with van der Waals surface area (Å²) in [5.74, 6) is 0.985. The van der Waals surface area contributed by atoms with Gasteiger partial charge in [0.25, 0.3) is 0 Å². The molecule has 1 atom stereocenters. The number of carbonyl (C=O) groups excluding carboxylic acids is 2. The van der Waals surface area contributed by atoms with Gasteiger partial charge in [-0.05, 0) is 49.5 Å². The third-order valence-corrected chi connectivity index (χ3v) is 5.27. The molecule has 2 N–H and O–H groups in total. The van der Waals surface area contributed by atoms with Gasteiger partial charge in [-0.15, -0.1) is 0 Å². The first-order valence-electron chi connectivity index (χ1n) is 9.27. The minimum Gasteiger partial charge on any atom is -0.497 e. The van der Waals surface area contributed by atoms with E-state index in [1.807, 2.05) is 24.3 Å². The fourth-order valence-corrected chi connectivity index (χ4v) is 3.58. The van der Waals surface area contributed by atoms with E-state index in [2.05, 4.69) is 22.5 Å². The van der Waals surface area contributed by atoms with Crippen molar-refractivity contribution >= 4 is 12.0 Å². The minimum atomic E-state index is -0.559. The molecule has 2 aliphatic heterocycles. The van der Waals surface area contributed by atoms with Crippen molar-refractivity contribution in [2.45, 2.75) is 25.8 Å². The molecule has 1 aromatic carbocycles. The predicted octanol–water partition coefficient (Wildman–Crippen LogP) is 2.21. The van der Waals surface area contributed by atoms with Crippen molar-refractivity contribution in [1.82, 2.24) is 15.5 Å². The van der Waals surface area contributed by atoms with Crippen LogP contribution in [0.2, 0.25) is 0 Å². The first-order valence-corrected chi connectivity index (χ1v) is 9.27. The van der Waals surface area contributed by atoms with Crippen molar-refractivity contribution in [3.05, 3.63) is 41.1 Å². The number of amides is 2. The van der Waals surface area contributed by atoms with E-state index in [1.165, 1.54) is 7.11 Å². The van der Waals surface area contributed by atoms with Gasteiger partial charge < -0.3 is 20.1 Å². The quantitative estimate of drug-likeness (QED) is 0.774. The largest absolute Gasteiger partial charge is 0.497 e. The van der Waals surface area contributed by atoms with E-state index < -0.39 is 12.0 Å². The number of benzene rings is 1. The van der Waals surface area contributed by atoms with Gasteiger partial charge in [0, 0.05) is 12.2 Å². The molecule has 2 aliphatic rings. The Morgan fingerprint density at radius 1 is 1.19 bits per heavy atom. The topological polar surface area (TPSA) is 79.9 Å². The molecule has 2 heterocycles. The van der Waals surface area contributed by atoms with Gasteiger partial charge in [0.05, 0.1) is 25.8 Å². The highest BCUT2D eigenvalue weighted by atomic mass is 16.5. The fourth-order valence-electron chi connectivity index (χ4n) is 3.58. The zero-order chi connectivity index (χ0) is 19.4. The van der Waals surface area contributed by atoms with Gasteiger partial charge in [0.1, 0.15) is 5.75 Å². The maximum absolute atomic E-state index is 12.6. The molecule has 0 saturated carbocycles. The second-order valence-electron chi connectivity index (χ2n) is 7.15. The van der Waals surface area contributed by atoms with Crippen LogP contribution in [0.3, 0.4) is 0 Å². The summed E-state index contributed by atoms with van der Waals surface area (Å²) in [6.07, 6.45) is 2.24. The highest BCUT2D eigenvalue weighted by Gasteiger charge is 2.34. The van der Waals surface area contributed by atoms with Gasteiger partial charge in [0.2, 0.25) is 0 Å². The van der Waals surface area contributed by atoms with Gasteiger partial charge in [-0.3, -0.25) is 4.90 Å². The van der Waals surface area contributed by atoms with Gasteiger partial charge >= 0.3 is 12.0 Å². The van der Waals surface area contributed by atoms with Crippen LogP contribution in [0.25, 0.3) is 0 Å². The highest BCUT2D eigenvalue weighted by molar-refractivity contribution is 5.95. The lowest BCUT2D eigenvalue weighted by atomic mass is 9.94. The van der Waals surface area contributed by atoms with Crippen LogP contribution in [0.1, 0.15) is 31.4 Å². The molecule has 0 aromatic heterocycles. The van der Waals surface area contributed by atoms with E-state index in [4.69, 9.17) is 9.47 Å². The first-order chi connectivity index (χ1) is 13.0. The molecular formula is C20H27N3O4. The summed E-state index contributed by atoms with van der Waals surface area (Å²) in [6.45, 7) is 4.69. The molecule has 1 fully saturated rings. The van der Waals surface area contributed by atoms with Gasteiger partial charge in [0.15, 0.2) is 0 Å². The Morgan fingerprint density at radius 3 is 2.44 bits per heavy atom. The summed E-state index contributed by atoms with van der Waals surface area (Å²) in [5, 5.41) is 5.67. The fraction of sp³-hybridized carbons (Fsp3) is 0.500. The first kappa shape index (κ1) is 19.2. The number of esters is 1. The van der Waals surface area contributed by atoms with Crippen LogP contribution in [0.15, 0.2) is 35.5 Å². The number of rotatable bonds is 5. The molecule has 0 spiro atoms. The molecule has 27 heavy (non-hydrogen) atoms. The predicted molar refractivity (Wildman–Crippen MR) is 101 cm³/mol. The van der Waals surface area contributed by atoms with Crippen molar-refractivity contribution in [1.29, 1.82) is 0 Å². The van der Waals surface area contributed by atoms with E-state index in [0.717, 1.165) is 31.5 Å². The average molecular weight is 373 g/mol. The van der Waals surface area contributed by atoms with Gasteiger partial charge in [-0.1, -0.05) is 19.1 Å². The maximum Gasteiger partial charge on any atom is 0.338 e. The summed E-state index contributed by atoms with van der Waals surface area (Å²) in [5.41, 5.74) is 1.86. The van der Waals surface area contributed by atoms with Crippen LogP contribution in [0.4, 0.5) is 4.79 Å².